The molecule has 2 aliphatic heterocycles. The molecule has 1 atom stereocenters. The fourth-order valence-electron chi connectivity index (χ4n) is 2.59. The fraction of sp³-hybridized carbons (Fsp3) is 0.667. The van der Waals surface area contributed by atoms with E-state index in [1.165, 1.54) is 0 Å². The molecule has 0 radical (unpaired) electrons. The van der Waals surface area contributed by atoms with Crippen molar-refractivity contribution in [2.75, 3.05) is 11.5 Å². The Balaban J connectivity index is 1.55. The number of carbonyl (C=O) groups excluding carboxylic acids is 1. The van der Waals surface area contributed by atoms with Crippen LogP contribution in [-0.2, 0) is 28.6 Å². The minimum Gasteiger partial charge on any atom is -0.352 e. The average Bonchev–Trinajstić information content (AvgIpc) is 2.88. The van der Waals surface area contributed by atoms with Crippen LogP contribution in [0.3, 0.4) is 0 Å². The van der Waals surface area contributed by atoms with Crippen molar-refractivity contribution in [1.29, 1.82) is 0 Å². The Bertz CT molecular complexity index is 492. The molecule has 2 aliphatic rings. The Morgan fingerprint density at radius 3 is 3.00 bits per heavy atom. The molecule has 1 saturated heterocycles. The van der Waals surface area contributed by atoms with Crippen molar-refractivity contribution in [2.45, 2.75) is 37.9 Å². The number of aromatic nitrogens is 2. The standard InChI is InChI=1S/C12H18N4O2S/c17-12(16-8-1-3-19(18)4-2-8)10-5-9-11(6-13-10)15-7-14-9/h7-8,10,13H,1-6H2,(H,14,15)(H,16,17). The van der Waals surface area contributed by atoms with E-state index in [0.29, 0.717) is 24.5 Å². The van der Waals surface area contributed by atoms with Crippen molar-refractivity contribution in [1.82, 2.24) is 20.6 Å². The van der Waals surface area contributed by atoms with Crippen LogP contribution in [0.4, 0.5) is 0 Å². The zero-order chi connectivity index (χ0) is 13.2. The monoisotopic (exact) mass is 282 g/mol. The van der Waals surface area contributed by atoms with Crippen LogP contribution in [0.15, 0.2) is 6.33 Å². The zero-order valence-electron chi connectivity index (χ0n) is 10.6. The number of H-pyrrole nitrogens is 1. The van der Waals surface area contributed by atoms with Crippen LogP contribution in [0.1, 0.15) is 24.2 Å². The largest absolute Gasteiger partial charge is 0.352 e. The molecule has 1 unspecified atom stereocenters. The molecule has 0 spiro atoms. The Morgan fingerprint density at radius 1 is 1.42 bits per heavy atom. The van der Waals surface area contributed by atoms with Gasteiger partial charge < -0.3 is 10.3 Å². The molecule has 104 valence electrons. The lowest BCUT2D eigenvalue weighted by Crippen LogP contribution is -2.51. The maximum Gasteiger partial charge on any atom is 0.237 e. The van der Waals surface area contributed by atoms with Gasteiger partial charge in [-0.2, -0.15) is 0 Å². The van der Waals surface area contributed by atoms with E-state index in [1.54, 1.807) is 6.33 Å². The summed E-state index contributed by atoms with van der Waals surface area (Å²) in [5.74, 6) is 1.44. The van der Waals surface area contributed by atoms with Crippen LogP contribution >= 0.6 is 0 Å². The van der Waals surface area contributed by atoms with Gasteiger partial charge in [0.15, 0.2) is 0 Å². The molecule has 0 bridgehead atoms. The van der Waals surface area contributed by atoms with Gasteiger partial charge >= 0.3 is 0 Å². The van der Waals surface area contributed by atoms with Gasteiger partial charge in [0.05, 0.1) is 23.8 Å². The molecule has 1 aromatic heterocycles. The van der Waals surface area contributed by atoms with Gasteiger partial charge in [0.2, 0.25) is 5.91 Å². The molecule has 7 heteroatoms. The predicted octanol–water partition coefficient (Wildman–Crippen LogP) is -0.549. The number of carbonyl (C=O) groups is 1. The lowest BCUT2D eigenvalue weighted by Gasteiger charge is -2.27. The number of fused-ring (bicyclic) bond motifs is 1. The smallest absolute Gasteiger partial charge is 0.237 e. The second-order valence-corrected chi connectivity index (χ2v) is 6.79. The Morgan fingerprint density at radius 2 is 2.21 bits per heavy atom. The van der Waals surface area contributed by atoms with Crippen molar-refractivity contribution in [3.8, 4) is 0 Å². The molecule has 1 fully saturated rings. The van der Waals surface area contributed by atoms with E-state index in [-0.39, 0.29) is 18.0 Å². The molecule has 0 aromatic carbocycles. The van der Waals surface area contributed by atoms with E-state index in [9.17, 15) is 9.00 Å². The lowest BCUT2D eigenvalue weighted by molar-refractivity contribution is -0.124. The van der Waals surface area contributed by atoms with Gasteiger partial charge in [-0.1, -0.05) is 0 Å². The van der Waals surface area contributed by atoms with E-state index in [4.69, 9.17) is 0 Å². The van der Waals surface area contributed by atoms with Crippen molar-refractivity contribution < 1.29 is 9.00 Å². The van der Waals surface area contributed by atoms with Crippen molar-refractivity contribution >= 4 is 16.7 Å². The maximum absolute atomic E-state index is 12.2. The molecule has 3 heterocycles. The van der Waals surface area contributed by atoms with Gasteiger partial charge in [0, 0.05) is 41.3 Å². The van der Waals surface area contributed by atoms with Crippen LogP contribution < -0.4 is 10.6 Å². The number of rotatable bonds is 2. The summed E-state index contributed by atoms with van der Waals surface area (Å²) in [6.45, 7) is 0.655. The highest BCUT2D eigenvalue weighted by Gasteiger charge is 2.28. The highest BCUT2D eigenvalue weighted by molar-refractivity contribution is 7.85. The normalized spacial score (nSPS) is 30.6. The van der Waals surface area contributed by atoms with Gasteiger partial charge in [-0.3, -0.25) is 14.3 Å². The van der Waals surface area contributed by atoms with Crippen molar-refractivity contribution in [3.63, 3.8) is 0 Å². The highest BCUT2D eigenvalue weighted by atomic mass is 32.2. The number of hydrogen-bond acceptors (Lipinski definition) is 4. The summed E-state index contributed by atoms with van der Waals surface area (Å²) >= 11 is 0. The molecule has 0 aliphatic carbocycles. The maximum atomic E-state index is 12.2. The average molecular weight is 282 g/mol. The Kier molecular flexibility index (Phi) is 3.65. The second kappa shape index (κ2) is 5.42. The van der Waals surface area contributed by atoms with Gasteiger partial charge in [-0.05, 0) is 12.8 Å². The minimum atomic E-state index is -0.686. The van der Waals surface area contributed by atoms with Crippen LogP contribution in [0.25, 0.3) is 0 Å². The number of nitrogens with one attached hydrogen (secondary N) is 3. The van der Waals surface area contributed by atoms with Crippen LogP contribution in [0.2, 0.25) is 0 Å². The fourth-order valence-corrected chi connectivity index (χ4v) is 3.89. The highest BCUT2D eigenvalue weighted by Crippen LogP contribution is 2.14. The molecular formula is C12H18N4O2S. The first-order valence-electron chi connectivity index (χ1n) is 6.62. The molecular weight excluding hydrogens is 264 g/mol. The Hall–Kier alpha value is -1.21. The second-order valence-electron chi connectivity index (χ2n) is 5.10. The molecule has 6 nitrogen and oxygen atoms in total. The minimum absolute atomic E-state index is 0.0336. The van der Waals surface area contributed by atoms with E-state index in [1.807, 2.05) is 0 Å². The van der Waals surface area contributed by atoms with E-state index in [2.05, 4.69) is 20.6 Å². The number of amides is 1. The lowest BCUT2D eigenvalue weighted by atomic mass is 10.0. The van der Waals surface area contributed by atoms with E-state index >= 15 is 0 Å². The third kappa shape index (κ3) is 2.87. The van der Waals surface area contributed by atoms with Gasteiger partial charge in [0.1, 0.15) is 0 Å². The molecule has 1 aromatic rings. The molecule has 19 heavy (non-hydrogen) atoms. The third-order valence-corrected chi connectivity index (χ3v) is 5.16. The number of aromatic amines is 1. The first-order chi connectivity index (χ1) is 9.22. The zero-order valence-corrected chi connectivity index (χ0v) is 11.5. The van der Waals surface area contributed by atoms with Crippen LogP contribution in [-0.4, -0.2) is 43.7 Å². The van der Waals surface area contributed by atoms with Gasteiger partial charge in [0.25, 0.3) is 0 Å². The summed E-state index contributed by atoms with van der Waals surface area (Å²) in [7, 11) is -0.686. The molecule has 1 amide bonds. The summed E-state index contributed by atoms with van der Waals surface area (Å²) in [6.07, 6.45) is 3.93. The summed E-state index contributed by atoms with van der Waals surface area (Å²) in [4.78, 5) is 19.5. The third-order valence-electron chi connectivity index (χ3n) is 3.78. The summed E-state index contributed by atoms with van der Waals surface area (Å²) < 4.78 is 11.3. The molecule has 3 rings (SSSR count). The van der Waals surface area contributed by atoms with Gasteiger partial charge in [-0.25, -0.2) is 4.98 Å². The number of nitrogens with zero attached hydrogens (tertiary/aromatic N) is 1. The Labute approximate surface area is 114 Å². The summed E-state index contributed by atoms with van der Waals surface area (Å²) in [6, 6.07) is -0.0317. The number of hydrogen-bond donors (Lipinski definition) is 3. The SMILES string of the molecule is O=C(NC1CCS(=O)CC1)C1Cc2nc[nH]c2CN1. The van der Waals surface area contributed by atoms with Crippen LogP contribution in [0, 0.1) is 0 Å². The molecule has 3 N–H and O–H groups in total. The van der Waals surface area contributed by atoms with E-state index < -0.39 is 10.8 Å². The van der Waals surface area contributed by atoms with E-state index in [0.717, 1.165) is 24.2 Å². The summed E-state index contributed by atoms with van der Waals surface area (Å²) in [5.41, 5.74) is 2.04. The number of imidazole rings is 1. The predicted molar refractivity (Wildman–Crippen MR) is 72.0 cm³/mol. The van der Waals surface area contributed by atoms with Crippen molar-refractivity contribution in [3.05, 3.63) is 17.7 Å². The van der Waals surface area contributed by atoms with Crippen molar-refractivity contribution in [2.24, 2.45) is 0 Å². The first kappa shape index (κ1) is 12.8. The quantitative estimate of drug-likeness (QED) is 0.679. The first-order valence-corrected chi connectivity index (χ1v) is 8.11. The van der Waals surface area contributed by atoms with Gasteiger partial charge in [-0.15, -0.1) is 0 Å². The summed E-state index contributed by atoms with van der Waals surface area (Å²) in [5, 5.41) is 6.27. The van der Waals surface area contributed by atoms with Crippen LogP contribution in [0.5, 0.6) is 0 Å². The topological polar surface area (TPSA) is 86.9 Å². The molecule has 0 saturated carbocycles.